The average molecular weight is 579 g/mol. The fraction of sp³-hybridized carbons (Fsp3) is 0.562. The van der Waals surface area contributed by atoms with Gasteiger partial charge in [-0.25, -0.2) is 9.97 Å². The smallest absolute Gasteiger partial charge is 0.168 e. The predicted octanol–water partition coefficient (Wildman–Crippen LogP) is 5.73. The molecule has 8 nitrogen and oxygen atoms in total. The zero-order valence-corrected chi connectivity index (χ0v) is 26.2. The first-order valence-corrected chi connectivity index (χ1v) is 15.6. The Kier molecular flexibility index (Phi) is 8.79. The number of fused-ring (bicyclic) bond motifs is 3. The standard InChI is InChI=1S/C32H44N4O4S/c1-8-9-17-23-33-24-25(35(23)19-20-41-21-14-11-10-12-15-21)22-16-13-18-32(30(2,3)4,31(5,6)7)26(22)34-27(24)36(28(37)38)29(39)40/h10-12,14-15H,8-9,13,16-20H2,1-7H3,(H,37,38)(H,39,40)/p-2. The van der Waals surface area contributed by atoms with Crippen molar-refractivity contribution >= 4 is 40.8 Å². The van der Waals surface area contributed by atoms with Crippen molar-refractivity contribution in [2.75, 3.05) is 10.7 Å². The number of carbonyl (C=O) groups excluding carboxylic acids is 2. The van der Waals surface area contributed by atoms with Gasteiger partial charge < -0.3 is 24.4 Å². The van der Waals surface area contributed by atoms with Crippen LogP contribution in [0.3, 0.4) is 0 Å². The van der Waals surface area contributed by atoms with Gasteiger partial charge in [-0.15, -0.1) is 11.8 Å². The minimum Gasteiger partial charge on any atom is -0.529 e. The molecule has 0 saturated heterocycles. The summed E-state index contributed by atoms with van der Waals surface area (Å²) in [5, 5.41) is 24.4. The molecule has 4 rings (SSSR count). The van der Waals surface area contributed by atoms with E-state index in [9.17, 15) is 19.8 Å². The highest BCUT2D eigenvalue weighted by molar-refractivity contribution is 7.99. The molecule has 2 amide bonds. The van der Waals surface area contributed by atoms with E-state index >= 15 is 0 Å². The van der Waals surface area contributed by atoms with Crippen molar-refractivity contribution in [2.45, 2.75) is 104 Å². The van der Waals surface area contributed by atoms with Crippen LogP contribution in [0.25, 0.3) is 11.0 Å². The van der Waals surface area contributed by atoms with E-state index in [0.29, 0.717) is 13.0 Å². The molecule has 9 heteroatoms. The van der Waals surface area contributed by atoms with Crippen molar-refractivity contribution in [2.24, 2.45) is 10.8 Å². The lowest BCUT2D eigenvalue weighted by molar-refractivity contribution is -0.262. The van der Waals surface area contributed by atoms with Crippen LogP contribution in [-0.4, -0.2) is 32.5 Å². The number of hydrogen-bond acceptors (Lipinski definition) is 7. The molecule has 2 aromatic heterocycles. The number of benzene rings is 1. The lowest BCUT2D eigenvalue weighted by Gasteiger charge is -2.56. The molecule has 1 aliphatic carbocycles. The Morgan fingerprint density at radius 1 is 1.02 bits per heavy atom. The van der Waals surface area contributed by atoms with Gasteiger partial charge >= 0.3 is 0 Å². The minimum atomic E-state index is -1.89. The number of aromatic nitrogens is 3. The van der Waals surface area contributed by atoms with Gasteiger partial charge in [0.25, 0.3) is 0 Å². The number of unbranched alkanes of at least 4 members (excludes halogenated alkanes) is 1. The van der Waals surface area contributed by atoms with Crippen LogP contribution >= 0.6 is 11.8 Å². The normalized spacial score (nSPS) is 15.1. The Hall–Kier alpha value is -3.07. The number of rotatable bonds is 8. The Bertz CT molecular complexity index is 1390. The molecule has 0 radical (unpaired) electrons. The number of amides is 2. The lowest BCUT2D eigenvalue weighted by Crippen LogP contribution is -2.54. The third-order valence-corrected chi connectivity index (χ3v) is 9.64. The number of nitrogens with zero attached hydrogens (tertiary/aromatic N) is 4. The third kappa shape index (κ3) is 5.57. The van der Waals surface area contributed by atoms with Crippen LogP contribution in [0.2, 0.25) is 0 Å². The van der Waals surface area contributed by atoms with Crippen molar-refractivity contribution < 1.29 is 19.8 Å². The second-order valence-corrected chi connectivity index (χ2v) is 14.2. The van der Waals surface area contributed by atoms with Crippen molar-refractivity contribution in [3.8, 4) is 0 Å². The number of thioether (sulfide) groups is 1. The van der Waals surface area contributed by atoms with E-state index in [2.05, 4.69) is 65.2 Å². The summed E-state index contributed by atoms with van der Waals surface area (Å²) < 4.78 is 2.19. The summed E-state index contributed by atoms with van der Waals surface area (Å²) in [6.07, 6.45) is 1.32. The Balaban J connectivity index is 2.06. The highest BCUT2D eigenvalue weighted by Gasteiger charge is 2.55. The first-order chi connectivity index (χ1) is 19.2. The molecular weight excluding hydrogens is 536 g/mol. The quantitative estimate of drug-likeness (QED) is 0.314. The second kappa shape index (κ2) is 11.7. The molecule has 222 valence electrons. The zero-order chi connectivity index (χ0) is 30.2. The molecule has 0 bridgehead atoms. The monoisotopic (exact) mass is 578 g/mol. The van der Waals surface area contributed by atoms with Gasteiger partial charge in [0.15, 0.2) is 5.82 Å². The number of imidazole rings is 1. The van der Waals surface area contributed by atoms with Crippen molar-refractivity contribution in [3.05, 3.63) is 47.4 Å². The summed E-state index contributed by atoms with van der Waals surface area (Å²) >= 11 is 1.74. The van der Waals surface area contributed by atoms with Crippen LogP contribution < -0.4 is 15.1 Å². The highest BCUT2D eigenvalue weighted by Crippen LogP contribution is 2.59. The van der Waals surface area contributed by atoms with E-state index in [4.69, 9.17) is 9.97 Å². The minimum absolute atomic E-state index is 0.132. The molecule has 0 spiro atoms. The van der Waals surface area contributed by atoms with Gasteiger partial charge in [0.1, 0.15) is 23.5 Å². The van der Waals surface area contributed by atoms with Crippen LogP contribution in [0, 0.1) is 10.8 Å². The van der Waals surface area contributed by atoms with Gasteiger partial charge in [0, 0.05) is 34.6 Å². The summed E-state index contributed by atoms with van der Waals surface area (Å²) in [6, 6.07) is 10.2. The Morgan fingerprint density at radius 2 is 1.66 bits per heavy atom. The number of carbonyl (C=O) groups is 2. The molecule has 0 unspecified atom stereocenters. The fourth-order valence-electron chi connectivity index (χ4n) is 7.06. The molecule has 1 aromatic carbocycles. The molecule has 0 atom stereocenters. The van der Waals surface area contributed by atoms with Gasteiger partial charge in [-0.1, -0.05) is 73.1 Å². The van der Waals surface area contributed by atoms with Crippen LogP contribution in [-0.2, 0) is 24.8 Å². The molecule has 3 aromatic rings. The van der Waals surface area contributed by atoms with E-state index in [1.165, 1.54) is 0 Å². The van der Waals surface area contributed by atoms with Crippen LogP contribution in [0.5, 0.6) is 0 Å². The number of pyridine rings is 1. The first-order valence-electron chi connectivity index (χ1n) is 14.6. The number of imide groups is 1. The molecule has 0 aliphatic heterocycles. The maximum Gasteiger partial charge on any atom is 0.168 e. The van der Waals surface area contributed by atoms with Crippen LogP contribution in [0.4, 0.5) is 15.4 Å². The maximum atomic E-state index is 12.2. The van der Waals surface area contributed by atoms with Crippen LogP contribution in [0.1, 0.15) is 91.2 Å². The topological polar surface area (TPSA) is 114 Å². The summed E-state index contributed by atoms with van der Waals surface area (Å²) in [4.78, 5) is 35.6. The Labute approximate surface area is 247 Å². The van der Waals surface area contributed by atoms with Gasteiger partial charge in [-0.2, -0.15) is 0 Å². The van der Waals surface area contributed by atoms with E-state index < -0.39 is 17.6 Å². The largest absolute Gasteiger partial charge is 0.529 e. The van der Waals surface area contributed by atoms with Gasteiger partial charge in [0.2, 0.25) is 0 Å². The van der Waals surface area contributed by atoms with E-state index in [1.54, 1.807) is 11.8 Å². The molecular formula is C32H42N4O4S-2. The average Bonchev–Trinajstić information content (AvgIpc) is 3.24. The van der Waals surface area contributed by atoms with Gasteiger partial charge in [-0.05, 0) is 48.6 Å². The number of carboxylic acid groups (broad SMARTS) is 2. The second-order valence-electron chi connectivity index (χ2n) is 13.0. The first kappa shape index (κ1) is 30.9. The summed E-state index contributed by atoms with van der Waals surface area (Å²) in [7, 11) is 0. The summed E-state index contributed by atoms with van der Waals surface area (Å²) in [6.45, 7) is 15.9. The Morgan fingerprint density at radius 3 is 2.22 bits per heavy atom. The molecule has 0 fully saturated rings. The zero-order valence-electron chi connectivity index (χ0n) is 25.4. The SMILES string of the molecule is CCCCc1nc2c(N(C(=O)[O-])C(=O)[O-])nc3c(c2n1CCSc1ccccc1)CCCC3(C(C)(C)C)C(C)(C)C. The third-order valence-electron chi connectivity index (χ3n) is 8.65. The van der Waals surface area contributed by atoms with Crippen LogP contribution in [0.15, 0.2) is 35.2 Å². The van der Waals surface area contributed by atoms with E-state index in [0.717, 1.165) is 65.4 Å². The number of hydrogen-bond donors (Lipinski definition) is 0. The molecule has 41 heavy (non-hydrogen) atoms. The summed E-state index contributed by atoms with van der Waals surface area (Å²) in [5.74, 6) is 1.35. The fourth-order valence-corrected chi connectivity index (χ4v) is 7.92. The number of aryl methyl sites for hydroxylation is 3. The summed E-state index contributed by atoms with van der Waals surface area (Å²) in [5.41, 5.74) is 1.89. The highest BCUT2D eigenvalue weighted by atomic mass is 32.2. The van der Waals surface area contributed by atoms with Gasteiger partial charge in [0.05, 0.1) is 11.2 Å². The van der Waals surface area contributed by atoms with E-state index in [-0.39, 0.29) is 27.1 Å². The van der Waals surface area contributed by atoms with Crippen molar-refractivity contribution in [3.63, 3.8) is 0 Å². The predicted molar refractivity (Wildman–Crippen MR) is 160 cm³/mol. The van der Waals surface area contributed by atoms with E-state index in [1.807, 2.05) is 18.2 Å². The lowest BCUT2D eigenvalue weighted by atomic mass is 9.48. The van der Waals surface area contributed by atoms with Crippen molar-refractivity contribution in [1.82, 2.24) is 14.5 Å². The number of anilines is 1. The maximum absolute atomic E-state index is 12.2. The molecule has 0 N–H and O–H groups in total. The van der Waals surface area contributed by atoms with Gasteiger partial charge in [-0.3, -0.25) is 4.90 Å². The van der Waals surface area contributed by atoms with Crippen molar-refractivity contribution in [1.29, 1.82) is 0 Å². The molecule has 2 heterocycles. The molecule has 0 saturated carbocycles. The molecule has 1 aliphatic rings.